The summed E-state index contributed by atoms with van der Waals surface area (Å²) < 4.78 is 5.90. The van der Waals surface area contributed by atoms with Crippen LogP contribution in [-0.2, 0) is 37.7 Å². The van der Waals surface area contributed by atoms with Gasteiger partial charge in [-0.2, -0.15) is 0 Å². The standard InChI is InChI=1S/C27H30N4O5/c1-17(19-8-9-19)31(14-18-6-4-3-5-7-18)24(33)15-30-16-36-27(25(30)34)22-13-21(29-26(35)28-2)11-10-20(22)12-23(27)32/h3-7,10-11,13,17,19H,8-9,12,14-16H2,1-2H3,(H2,28,29,35)/t17-,27+/m0/s1. The Kier molecular flexibility index (Phi) is 6.26. The first-order valence-corrected chi connectivity index (χ1v) is 12.3. The van der Waals surface area contributed by atoms with E-state index in [0.717, 1.165) is 18.4 Å². The third-order valence-corrected chi connectivity index (χ3v) is 7.38. The van der Waals surface area contributed by atoms with Gasteiger partial charge in [0.15, 0.2) is 5.78 Å². The molecular formula is C27H30N4O5. The van der Waals surface area contributed by atoms with E-state index in [-0.39, 0.29) is 37.4 Å². The Bertz CT molecular complexity index is 1210. The summed E-state index contributed by atoms with van der Waals surface area (Å²) in [5.41, 5.74) is 0.795. The highest BCUT2D eigenvalue weighted by Crippen LogP contribution is 2.43. The molecule has 0 aromatic heterocycles. The summed E-state index contributed by atoms with van der Waals surface area (Å²) in [5, 5.41) is 5.14. The fraction of sp³-hybridized carbons (Fsp3) is 0.407. The topological polar surface area (TPSA) is 108 Å². The molecule has 188 valence electrons. The Hall–Kier alpha value is -3.72. The molecule has 2 fully saturated rings. The fourth-order valence-corrected chi connectivity index (χ4v) is 5.13. The zero-order valence-corrected chi connectivity index (χ0v) is 20.5. The number of hydrogen-bond donors (Lipinski definition) is 2. The Labute approximate surface area is 209 Å². The van der Waals surface area contributed by atoms with Crippen LogP contribution in [0, 0.1) is 5.92 Å². The molecule has 1 heterocycles. The Morgan fingerprint density at radius 2 is 1.92 bits per heavy atom. The maximum atomic E-state index is 13.6. The molecule has 1 aliphatic heterocycles. The van der Waals surface area contributed by atoms with Gasteiger partial charge in [-0.05, 0) is 48.9 Å². The number of ether oxygens (including phenoxy) is 1. The van der Waals surface area contributed by atoms with E-state index in [9.17, 15) is 19.2 Å². The lowest BCUT2D eigenvalue weighted by atomic mass is 9.93. The predicted molar refractivity (Wildman–Crippen MR) is 132 cm³/mol. The molecule has 2 aromatic rings. The average Bonchev–Trinajstić information content (AvgIpc) is 3.63. The van der Waals surface area contributed by atoms with E-state index in [1.54, 1.807) is 18.2 Å². The summed E-state index contributed by atoms with van der Waals surface area (Å²) in [6.07, 6.45) is 2.24. The number of nitrogens with zero attached hydrogens (tertiary/aromatic N) is 2. The van der Waals surface area contributed by atoms with Crippen molar-refractivity contribution in [2.24, 2.45) is 5.92 Å². The lowest BCUT2D eigenvalue weighted by molar-refractivity contribution is -0.149. The van der Waals surface area contributed by atoms with Gasteiger partial charge in [0, 0.05) is 37.3 Å². The Balaban J connectivity index is 1.36. The van der Waals surface area contributed by atoms with Crippen molar-refractivity contribution in [3.8, 4) is 0 Å². The zero-order valence-electron chi connectivity index (χ0n) is 20.5. The van der Waals surface area contributed by atoms with E-state index < -0.39 is 17.5 Å². The first kappa shape index (κ1) is 24.0. The highest BCUT2D eigenvalue weighted by atomic mass is 16.5. The van der Waals surface area contributed by atoms with Crippen molar-refractivity contribution < 1.29 is 23.9 Å². The van der Waals surface area contributed by atoms with Crippen molar-refractivity contribution in [3.63, 3.8) is 0 Å². The largest absolute Gasteiger partial charge is 0.341 e. The molecule has 2 N–H and O–H groups in total. The Morgan fingerprint density at radius 3 is 2.61 bits per heavy atom. The highest BCUT2D eigenvalue weighted by molar-refractivity contribution is 6.15. The summed E-state index contributed by atoms with van der Waals surface area (Å²) in [6, 6.07) is 14.4. The van der Waals surface area contributed by atoms with Gasteiger partial charge < -0.3 is 25.2 Å². The molecule has 1 spiro atoms. The number of fused-ring (bicyclic) bond motifs is 2. The van der Waals surface area contributed by atoms with Gasteiger partial charge in [0.1, 0.15) is 13.3 Å². The number of benzene rings is 2. The summed E-state index contributed by atoms with van der Waals surface area (Å²) in [7, 11) is 1.50. The van der Waals surface area contributed by atoms with Crippen molar-refractivity contribution in [3.05, 3.63) is 65.2 Å². The number of carbonyl (C=O) groups is 4. The second-order valence-corrected chi connectivity index (χ2v) is 9.72. The quantitative estimate of drug-likeness (QED) is 0.580. The van der Waals surface area contributed by atoms with Gasteiger partial charge >= 0.3 is 6.03 Å². The third kappa shape index (κ3) is 4.24. The molecule has 9 heteroatoms. The number of anilines is 1. The second kappa shape index (κ2) is 9.39. The molecule has 0 radical (unpaired) electrons. The van der Waals surface area contributed by atoms with Gasteiger partial charge in [-0.25, -0.2) is 4.79 Å². The molecule has 1 saturated heterocycles. The van der Waals surface area contributed by atoms with E-state index in [2.05, 4.69) is 17.6 Å². The van der Waals surface area contributed by atoms with Gasteiger partial charge in [0.2, 0.25) is 11.5 Å². The van der Waals surface area contributed by atoms with Crippen molar-refractivity contribution >= 4 is 29.3 Å². The van der Waals surface area contributed by atoms with Gasteiger partial charge in [0.25, 0.3) is 5.91 Å². The average molecular weight is 491 g/mol. The highest BCUT2D eigenvalue weighted by Gasteiger charge is 2.59. The van der Waals surface area contributed by atoms with E-state index in [1.165, 1.54) is 11.9 Å². The first-order chi connectivity index (χ1) is 17.3. The summed E-state index contributed by atoms with van der Waals surface area (Å²) >= 11 is 0. The minimum Gasteiger partial charge on any atom is -0.341 e. The van der Waals surface area contributed by atoms with Crippen LogP contribution >= 0.6 is 0 Å². The van der Waals surface area contributed by atoms with Crippen LogP contribution in [0.2, 0.25) is 0 Å². The number of nitrogens with one attached hydrogen (secondary N) is 2. The van der Waals surface area contributed by atoms with E-state index in [1.807, 2.05) is 35.2 Å². The van der Waals surface area contributed by atoms with Gasteiger partial charge in [-0.1, -0.05) is 36.4 Å². The molecule has 9 nitrogen and oxygen atoms in total. The number of carbonyl (C=O) groups excluding carboxylic acids is 4. The summed E-state index contributed by atoms with van der Waals surface area (Å²) in [4.78, 5) is 55.2. The minimum absolute atomic E-state index is 0.0532. The van der Waals surface area contributed by atoms with Crippen LogP contribution in [0.15, 0.2) is 48.5 Å². The SMILES string of the molecule is CNC(=O)Nc1ccc2c(c1)[C@@]1(OCN(CC(=O)N(Cc3ccccc3)[C@@H](C)C3CC3)C1=O)C(=O)C2. The molecule has 5 rings (SSSR count). The molecule has 2 atom stereocenters. The number of ketones is 1. The van der Waals surface area contributed by atoms with Crippen molar-refractivity contribution in [2.45, 2.75) is 44.4 Å². The predicted octanol–water partition coefficient (Wildman–Crippen LogP) is 2.40. The molecule has 3 aliphatic rings. The zero-order chi connectivity index (χ0) is 25.4. The molecule has 2 aromatic carbocycles. The summed E-state index contributed by atoms with van der Waals surface area (Å²) in [6.45, 7) is 2.20. The lowest BCUT2D eigenvalue weighted by Crippen LogP contribution is -2.48. The van der Waals surface area contributed by atoms with E-state index >= 15 is 0 Å². The lowest BCUT2D eigenvalue weighted by Gasteiger charge is -2.31. The molecule has 1 saturated carbocycles. The van der Waals surface area contributed by atoms with E-state index in [0.29, 0.717) is 29.3 Å². The van der Waals surface area contributed by atoms with E-state index in [4.69, 9.17) is 4.74 Å². The third-order valence-electron chi connectivity index (χ3n) is 7.38. The molecule has 2 aliphatic carbocycles. The molecule has 4 amide bonds. The maximum absolute atomic E-state index is 13.6. The monoisotopic (exact) mass is 490 g/mol. The molecule has 0 bridgehead atoms. The number of urea groups is 1. The minimum atomic E-state index is -1.78. The van der Waals surface area contributed by atoms with Crippen LogP contribution in [0.1, 0.15) is 36.5 Å². The van der Waals surface area contributed by atoms with Crippen LogP contribution in [0.5, 0.6) is 0 Å². The number of amides is 4. The van der Waals surface area contributed by atoms with Crippen LogP contribution in [-0.4, -0.2) is 59.8 Å². The molecular weight excluding hydrogens is 460 g/mol. The smallest absolute Gasteiger partial charge is 0.318 e. The van der Waals surface area contributed by atoms with Crippen LogP contribution < -0.4 is 10.6 Å². The second-order valence-electron chi connectivity index (χ2n) is 9.72. The van der Waals surface area contributed by atoms with Crippen molar-refractivity contribution in [1.29, 1.82) is 0 Å². The van der Waals surface area contributed by atoms with Crippen molar-refractivity contribution in [1.82, 2.24) is 15.1 Å². The Morgan fingerprint density at radius 1 is 1.17 bits per heavy atom. The number of Topliss-reactive ketones (excluding diaryl/α,β-unsaturated/α-hetero) is 1. The van der Waals surface area contributed by atoms with Gasteiger partial charge in [-0.3, -0.25) is 14.4 Å². The van der Waals surface area contributed by atoms with Gasteiger partial charge in [-0.15, -0.1) is 0 Å². The molecule has 36 heavy (non-hydrogen) atoms. The van der Waals surface area contributed by atoms with Crippen LogP contribution in [0.4, 0.5) is 10.5 Å². The van der Waals surface area contributed by atoms with Crippen molar-refractivity contribution in [2.75, 3.05) is 25.6 Å². The first-order valence-electron chi connectivity index (χ1n) is 12.3. The van der Waals surface area contributed by atoms with Crippen LogP contribution in [0.3, 0.4) is 0 Å². The summed E-state index contributed by atoms with van der Waals surface area (Å²) in [5.74, 6) is -0.602. The van der Waals surface area contributed by atoms with Crippen LogP contribution in [0.25, 0.3) is 0 Å². The fourth-order valence-electron chi connectivity index (χ4n) is 5.13. The van der Waals surface area contributed by atoms with Gasteiger partial charge in [0.05, 0.1) is 0 Å². The maximum Gasteiger partial charge on any atom is 0.318 e. The molecule has 0 unspecified atom stereocenters. The number of rotatable bonds is 7. The normalized spacial score (nSPS) is 21.4. The number of hydrogen-bond acceptors (Lipinski definition) is 5.